The average Bonchev–Trinajstić information content (AvgIpc) is 4.13. The van der Waals surface area contributed by atoms with Crippen molar-refractivity contribution in [3.63, 3.8) is 0 Å². The van der Waals surface area contributed by atoms with E-state index in [2.05, 4.69) is 44.6 Å². The Morgan fingerprint density at radius 1 is 0.787 bits per heavy atom. The van der Waals surface area contributed by atoms with Gasteiger partial charge in [0.05, 0.1) is 49.2 Å². The predicted molar refractivity (Wildman–Crippen MR) is 228 cm³/mol. The second-order valence-corrected chi connectivity index (χ2v) is 16.3. The van der Waals surface area contributed by atoms with Crippen LogP contribution < -0.4 is 10.6 Å². The van der Waals surface area contributed by atoms with Crippen molar-refractivity contribution in [3.05, 3.63) is 83.6 Å². The Balaban J connectivity index is 0.943. The molecule has 4 unspecified atom stereocenters. The number of hydrogen-bond donors (Lipinski definition) is 4. The summed E-state index contributed by atoms with van der Waals surface area (Å²) in [5.74, 6) is 7.64. The number of methoxy groups -OCH3 is 2. The summed E-state index contributed by atoms with van der Waals surface area (Å²) < 4.78 is 15.2. The van der Waals surface area contributed by atoms with Crippen molar-refractivity contribution in [2.45, 2.75) is 76.5 Å². The second kappa shape index (κ2) is 18.1. The zero-order valence-corrected chi connectivity index (χ0v) is 35.0. The first-order chi connectivity index (χ1) is 29.6. The third-order valence-electron chi connectivity index (χ3n) is 12.2. The van der Waals surface area contributed by atoms with E-state index in [1.54, 1.807) is 6.20 Å². The summed E-state index contributed by atoms with van der Waals surface area (Å²) in [6.45, 7) is 6.09. The number of hydrogen-bond acceptors (Lipinski definition) is 9. The zero-order chi connectivity index (χ0) is 42.6. The lowest BCUT2D eigenvalue weighted by Gasteiger charge is -2.34. The number of benzene rings is 3. The van der Waals surface area contributed by atoms with Gasteiger partial charge in [0, 0.05) is 42.8 Å². The SMILES string of the molecule is COC(=O)NC(C(=O)N1CCCC1c1nc2c(ccc3cc(C#Cc4ccc(-c5cnc(C6CCCN6C(=O)C(NC(=O)OC)C6CCOCC6)[nH]5)cc4)ccc32)[nH]1)C(C)C. The lowest BCUT2D eigenvalue weighted by molar-refractivity contribution is -0.137. The Kier molecular flexibility index (Phi) is 12.2. The van der Waals surface area contributed by atoms with Crippen molar-refractivity contribution in [1.82, 2.24) is 40.4 Å². The summed E-state index contributed by atoms with van der Waals surface area (Å²) >= 11 is 0. The fourth-order valence-corrected chi connectivity index (χ4v) is 8.89. The normalized spacial score (nSPS) is 19.1. The van der Waals surface area contributed by atoms with Gasteiger partial charge in [-0.1, -0.05) is 50.0 Å². The van der Waals surface area contributed by atoms with Gasteiger partial charge in [-0.25, -0.2) is 19.6 Å². The van der Waals surface area contributed by atoms with Crippen LogP contribution in [0.25, 0.3) is 33.1 Å². The van der Waals surface area contributed by atoms with E-state index in [0.717, 1.165) is 75.7 Å². The molecule has 4 amide bonds. The number of amides is 4. The monoisotopic (exact) mass is 828 g/mol. The summed E-state index contributed by atoms with van der Waals surface area (Å²) in [4.78, 5) is 72.2. The molecule has 3 saturated heterocycles. The molecule has 0 spiro atoms. The standard InChI is InChI=1S/C46H52N8O7/c1-27(2)38(51-45(57)59-3)43(55)54-22-6-8-37(54)42-48-34-18-16-32-25-29(13-17-33(32)40(34)50-42)10-9-28-11-14-30(15-12-28)35-26-47-41(49-35)36-7-5-21-53(36)44(56)39(52-46(58)60-4)31-19-23-61-24-20-31/h11-18,25-27,31,36-39H,5-8,19-24H2,1-4H3,(H,47,49)(H,48,50)(H,51,57)(H,52,58). The highest BCUT2D eigenvalue weighted by atomic mass is 16.5. The predicted octanol–water partition coefficient (Wildman–Crippen LogP) is 6.36. The number of imidazole rings is 2. The Morgan fingerprint density at radius 2 is 1.44 bits per heavy atom. The van der Waals surface area contributed by atoms with E-state index >= 15 is 0 Å². The highest BCUT2D eigenvalue weighted by Crippen LogP contribution is 2.36. The van der Waals surface area contributed by atoms with Gasteiger partial charge in [-0.3, -0.25) is 9.59 Å². The van der Waals surface area contributed by atoms with Crippen LogP contribution in [-0.2, 0) is 23.8 Å². The lowest BCUT2D eigenvalue weighted by atomic mass is 9.90. The Labute approximate surface area is 354 Å². The third kappa shape index (κ3) is 8.77. The molecule has 4 atom stereocenters. The molecule has 15 nitrogen and oxygen atoms in total. The van der Waals surface area contributed by atoms with Gasteiger partial charge in [0.1, 0.15) is 23.7 Å². The van der Waals surface area contributed by atoms with E-state index in [1.807, 2.05) is 66.1 Å². The number of carbonyl (C=O) groups is 4. The minimum Gasteiger partial charge on any atom is -0.453 e. The van der Waals surface area contributed by atoms with Gasteiger partial charge in [-0.05, 0) is 91.6 Å². The molecular formula is C46H52N8O7. The molecule has 0 radical (unpaired) electrons. The Hall–Kier alpha value is -6.40. The number of carbonyl (C=O) groups excluding carboxylic acids is 4. The molecule has 0 bridgehead atoms. The number of fused-ring (bicyclic) bond motifs is 3. The van der Waals surface area contributed by atoms with Gasteiger partial charge < -0.3 is 44.6 Å². The van der Waals surface area contributed by atoms with Gasteiger partial charge in [0.2, 0.25) is 11.8 Å². The number of H-pyrrole nitrogens is 2. The van der Waals surface area contributed by atoms with Crippen LogP contribution in [0.15, 0.2) is 60.8 Å². The van der Waals surface area contributed by atoms with Gasteiger partial charge >= 0.3 is 12.2 Å². The highest BCUT2D eigenvalue weighted by Gasteiger charge is 2.41. The quantitative estimate of drug-likeness (QED) is 0.123. The maximum absolute atomic E-state index is 13.9. The first kappa shape index (κ1) is 41.3. The summed E-state index contributed by atoms with van der Waals surface area (Å²) in [6.07, 6.45) is 5.15. The van der Waals surface area contributed by atoms with Crippen LogP contribution in [0.3, 0.4) is 0 Å². The number of ether oxygens (including phenoxy) is 3. The van der Waals surface area contributed by atoms with E-state index < -0.39 is 24.3 Å². The number of nitrogens with one attached hydrogen (secondary N) is 4. The van der Waals surface area contributed by atoms with Crippen molar-refractivity contribution < 1.29 is 33.4 Å². The van der Waals surface area contributed by atoms with Gasteiger partial charge in [0.25, 0.3) is 0 Å². The molecule has 0 aliphatic carbocycles. The van der Waals surface area contributed by atoms with E-state index in [0.29, 0.717) is 45.0 Å². The summed E-state index contributed by atoms with van der Waals surface area (Å²) in [5, 5.41) is 7.50. The summed E-state index contributed by atoms with van der Waals surface area (Å²) in [5.41, 5.74) is 5.24. The molecule has 5 heterocycles. The zero-order valence-electron chi connectivity index (χ0n) is 35.0. The van der Waals surface area contributed by atoms with E-state index in [4.69, 9.17) is 24.2 Å². The minimum atomic E-state index is -0.699. The molecule has 8 rings (SSSR count). The molecule has 3 fully saturated rings. The van der Waals surface area contributed by atoms with Crippen molar-refractivity contribution in [2.75, 3.05) is 40.5 Å². The largest absolute Gasteiger partial charge is 0.453 e. The first-order valence-electron chi connectivity index (χ1n) is 21.1. The molecule has 2 aromatic heterocycles. The third-order valence-corrected chi connectivity index (χ3v) is 12.2. The number of aromatic amines is 2. The number of rotatable bonds is 9. The number of likely N-dealkylation sites (tertiary alicyclic amines) is 2. The fourth-order valence-electron chi connectivity index (χ4n) is 8.89. The Morgan fingerprint density at radius 3 is 2.15 bits per heavy atom. The van der Waals surface area contributed by atoms with Crippen LogP contribution in [0.5, 0.6) is 0 Å². The smallest absolute Gasteiger partial charge is 0.407 e. The maximum atomic E-state index is 13.9. The van der Waals surface area contributed by atoms with Crippen LogP contribution in [0.1, 0.15) is 87.2 Å². The molecule has 3 aliphatic rings. The fraction of sp³-hybridized carbons (Fsp3) is 0.435. The molecule has 15 heteroatoms. The second-order valence-electron chi connectivity index (χ2n) is 16.3. The van der Waals surface area contributed by atoms with Crippen LogP contribution in [0.2, 0.25) is 0 Å². The van der Waals surface area contributed by atoms with E-state index in [1.165, 1.54) is 14.2 Å². The number of alkyl carbamates (subject to hydrolysis) is 2. The molecule has 3 aliphatic heterocycles. The van der Waals surface area contributed by atoms with Crippen molar-refractivity contribution in [1.29, 1.82) is 0 Å². The maximum Gasteiger partial charge on any atom is 0.407 e. The van der Waals surface area contributed by atoms with E-state index in [-0.39, 0.29) is 35.7 Å². The molecule has 5 aromatic rings. The molecular weight excluding hydrogens is 777 g/mol. The van der Waals surface area contributed by atoms with Crippen LogP contribution in [0.4, 0.5) is 9.59 Å². The van der Waals surface area contributed by atoms with Gasteiger partial charge in [0.15, 0.2) is 0 Å². The average molecular weight is 829 g/mol. The molecule has 318 valence electrons. The van der Waals surface area contributed by atoms with Crippen molar-refractivity contribution >= 4 is 45.8 Å². The first-order valence-corrected chi connectivity index (χ1v) is 21.1. The minimum absolute atomic E-state index is 0.0309. The number of nitrogens with zero attached hydrogens (tertiary/aromatic N) is 4. The molecule has 0 saturated carbocycles. The van der Waals surface area contributed by atoms with Crippen LogP contribution in [0, 0.1) is 23.7 Å². The summed E-state index contributed by atoms with van der Waals surface area (Å²) in [7, 11) is 2.60. The topological polar surface area (TPSA) is 184 Å². The highest BCUT2D eigenvalue weighted by molar-refractivity contribution is 6.04. The Bertz CT molecular complexity index is 2480. The molecule has 3 aromatic carbocycles. The lowest BCUT2D eigenvalue weighted by Crippen LogP contribution is -2.53. The number of aromatic nitrogens is 4. The molecule has 61 heavy (non-hydrogen) atoms. The molecule has 4 N–H and O–H groups in total. The van der Waals surface area contributed by atoms with Crippen LogP contribution in [-0.4, -0.2) is 106 Å². The van der Waals surface area contributed by atoms with E-state index in [9.17, 15) is 19.2 Å². The summed E-state index contributed by atoms with van der Waals surface area (Å²) in [6, 6.07) is 16.3. The van der Waals surface area contributed by atoms with Crippen molar-refractivity contribution in [2.24, 2.45) is 11.8 Å². The van der Waals surface area contributed by atoms with Crippen LogP contribution >= 0.6 is 0 Å². The van der Waals surface area contributed by atoms with Gasteiger partial charge in [-0.2, -0.15) is 0 Å². The van der Waals surface area contributed by atoms with Gasteiger partial charge in [-0.15, -0.1) is 0 Å². The van der Waals surface area contributed by atoms with Crippen molar-refractivity contribution in [3.8, 4) is 23.1 Å².